The minimum atomic E-state index is 0. The molecule has 0 radical (unpaired) electrons. The first kappa shape index (κ1) is 11.8. The molecule has 1 nitrogen and oxygen atoms in total. The van der Waals surface area contributed by atoms with E-state index in [0.29, 0.717) is 0 Å². The van der Waals surface area contributed by atoms with Crippen molar-refractivity contribution in [3.05, 3.63) is 0 Å². The third kappa shape index (κ3) is 4.64. The highest BCUT2D eigenvalue weighted by molar-refractivity contribution is 5.85. The Labute approximate surface area is 81.7 Å². The van der Waals surface area contributed by atoms with Crippen LogP contribution in [0.4, 0.5) is 0 Å². The molecular weight excluding hydrogens is 170 g/mol. The van der Waals surface area contributed by atoms with Crippen molar-refractivity contribution >= 4 is 12.4 Å². The second kappa shape index (κ2) is 7.46. The zero-order valence-corrected chi connectivity index (χ0v) is 8.33. The predicted molar refractivity (Wildman–Crippen MR) is 55.6 cm³/mol. The summed E-state index contributed by atoms with van der Waals surface area (Å²) in [5.41, 5.74) is 0. The molecule has 0 saturated heterocycles. The maximum absolute atomic E-state index is 5.15. The second-order valence-electron chi connectivity index (χ2n) is 3.24. The summed E-state index contributed by atoms with van der Waals surface area (Å²) >= 11 is 0. The van der Waals surface area contributed by atoms with Crippen molar-refractivity contribution in [2.24, 2.45) is 0 Å². The third-order valence-corrected chi connectivity index (χ3v) is 2.31. The molecule has 70 valence electrons. The summed E-state index contributed by atoms with van der Waals surface area (Å²) in [5, 5.41) is 3.48. The molecule has 0 heterocycles. The summed E-state index contributed by atoms with van der Waals surface area (Å²) in [6.45, 7) is 1.00. The van der Waals surface area contributed by atoms with Gasteiger partial charge in [-0.15, -0.1) is 24.8 Å². The van der Waals surface area contributed by atoms with Gasteiger partial charge in [0.25, 0.3) is 0 Å². The highest BCUT2D eigenvalue weighted by Gasteiger charge is 2.11. The van der Waals surface area contributed by atoms with Gasteiger partial charge in [-0.05, 0) is 12.8 Å². The highest BCUT2D eigenvalue weighted by Crippen LogP contribution is 2.16. The standard InChI is InChI=1S/C10H17N.ClH/c1-2-3-9-11-10-7-5-4-6-8-10;/h1,10-11H,3-9H2;1H. The summed E-state index contributed by atoms with van der Waals surface area (Å²) in [7, 11) is 0. The van der Waals surface area contributed by atoms with E-state index in [1.54, 1.807) is 0 Å². The fourth-order valence-electron chi connectivity index (χ4n) is 1.66. The normalized spacial score (nSPS) is 17.9. The van der Waals surface area contributed by atoms with E-state index in [2.05, 4.69) is 11.2 Å². The summed E-state index contributed by atoms with van der Waals surface area (Å²) < 4.78 is 0. The lowest BCUT2D eigenvalue weighted by Gasteiger charge is -2.22. The summed E-state index contributed by atoms with van der Waals surface area (Å²) in [6, 6.07) is 0.761. The maximum Gasteiger partial charge on any atom is 0.0211 e. The van der Waals surface area contributed by atoms with Crippen LogP contribution in [0.1, 0.15) is 38.5 Å². The molecule has 0 amide bonds. The van der Waals surface area contributed by atoms with Gasteiger partial charge in [-0.1, -0.05) is 19.3 Å². The summed E-state index contributed by atoms with van der Waals surface area (Å²) in [5.74, 6) is 2.64. The van der Waals surface area contributed by atoms with Crippen LogP contribution in [0.25, 0.3) is 0 Å². The number of nitrogens with one attached hydrogen (secondary N) is 1. The molecule has 12 heavy (non-hydrogen) atoms. The molecule has 0 aromatic rings. The first-order valence-electron chi connectivity index (χ1n) is 4.60. The summed E-state index contributed by atoms with van der Waals surface area (Å²) in [6.07, 6.45) is 12.9. The highest BCUT2D eigenvalue weighted by atomic mass is 35.5. The molecular formula is C10H18ClN. The van der Waals surface area contributed by atoms with E-state index in [-0.39, 0.29) is 12.4 Å². The first-order valence-corrected chi connectivity index (χ1v) is 4.60. The topological polar surface area (TPSA) is 12.0 Å². The van der Waals surface area contributed by atoms with Crippen molar-refractivity contribution in [2.45, 2.75) is 44.6 Å². The molecule has 1 saturated carbocycles. The molecule has 1 aliphatic rings. The average Bonchev–Trinajstić information content (AvgIpc) is 2.07. The number of terminal acetylenes is 1. The Bertz CT molecular complexity index is 133. The van der Waals surface area contributed by atoms with Crippen LogP contribution >= 0.6 is 12.4 Å². The quantitative estimate of drug-likeness (QED) is 0.529. The van der Waals surface area contributed by atoms with Crippen molar-refractivity contribution in [1.29, 1.82) is 0 Å². The molecule has 0 aromatic heterocycles. The molecule has 0 aromatic carbocycles. The lowest BCUT2D eigenvalue weighted by molar-refractivity contribution is 0.377. The lowest BCUT2D eigenvalue weighted by Crippen LogP contribution is -2.31. The van der Waals surface area contributed by atoms with Gasteiger partial charge in [0.15, 0.2) is 0 Å². The van der Waals surface area contributed by atoms with Crippen LogP contribution in [0.5, 0.6) is 0 Å². The van der Waals surface area contributed by atoms with E-state index < -0.39 is 0 Å². The zero-order chi connectivity index (χ0) is 7.94. The lowest BCUT2D eigenvalue weighted by atomic mass is 9.95. The first-order chi connectivity index (χ1) is 5.43. The third-order valence-electron chi connectivity index (χ3n) is 2.31. The molecule has 0 aliphatic heterocycles. The van der Waals surface area contributed by atoms with Gasteiger partial charge in [-0.2, -0.15) is 0 Å². The molecule has 0 bridgehead atoms. The van der Waals surface area contributed by atoms with Crippen molar-refractivity contribution in [3.8, 4) is 12.3 Å². The fraction of sp³-hybridized carbons (Fsp3) is 0.800. The second-order valence-corrected chi connectivity index (χ2v) is 3.24. The van der Waals surface area contributed by atoms with Crippen molar-refractivity contribution < 1.29 is 0 Å². The number of hydrogen-bond donors (Lipinski definition) is 1. The van der Waals surface area contributed by atoms with Gasteiger partial charge in [0.1, 0.15) is 0 Å². The molecule has 0 atom stereocenters. The average molecular weight is 188 g/mol. The molecule has 0 unspecified atom stereocenters. The van der Waals surface area contributed by atoms with Crippen LogP contribution in [0.15, 0.2) is 0 Å². The Morgan fingerprint density at radius 3 is 2.50 bits per heavy atom. The molecule has 1 fully saturated rings. The van der Waals surface area contributed by atoms with E-state index in [1.165, 1.54) is 32.1 Å². The Balaban J connectivity index is 0.00000121. The number of halogens is 1. The van der Waals surface area contributed by atoms with Crippen LogP contribution in [0.2, 0.25) is 0 Å². The van der Waals surface area contributed by atoms with Gasteiger partial charge >= 0.3 is 0 Å². The molecule has 1 rings (SSSR count). The van der Waals surface area contributed by atoms with Crippen LogP contribution in [0.3, 0.4) is 0 Å². The number of rotatable bonds is 3. The molecule has 1 N–H and O–H groups in total. The zero-order valence-electron chi connectivity index (χ0n) is 7.51. The van der Waals surface area contributed by atoms with E-state index >= 15 is 0 Å². The molecule has 1 aliphatic carbocycles. The fourth-order valence-corrected chi connectivity index (χ4v) is 1.66. The Morgan fingerprint density at radius 2 is 1.92 bits per heavy atom. The van der Waals surface area contributed by atoms with Crippen LogP contribution in [-0.4, -0.2) is 12.6 Å². The minimum Gasteiger partial charge on any atom is -0.313 e. The molecule has 0 spiro atoms. The monoisotopic (exact) mass is 187 g/mol. The minimum absolute atomic E-state index is 0. The Kier molecular flexibility index (Phi) is 7.34. The van der Waals surface area contributed by atoms with E-state index in [0.717, 1.165) is 19.0 Å². The number of hydrogen-bond acceptors (Lipinski definition) is 1. The van der Waals surface area contributed by atoms with Gasteiger partial charge in [0, 0.05) is 19.0 Å². The Morgan fingerprint density at radius 1 is 1.25 bits per heavy atom. The van der Waals surface area contributed by atoms with Crippen LogP contribution < -0.4 is 5.32 Å². The van der Waals surface area contributed by atoms with E-state index in [1.807, 2.05) is 0 Å². The van der Waals surface area contributed by atoms with Gasteiger partial charge in [0.2, 0.25) is 0 Å². The summed E-state index contributed by atoms with van der Waals surface area (Å²) in [4.78, 5) is 0. The molecule has 2 heteroatoms. The maximum atomic E-state index is 5.15. The van der Waals surface area contributed by atoms with Crippen molar-refractivity contribution in [1.82, 2.24) is 5.32 Å². The SMILES string of the molecule is C#CCCNC1CCCCC1.Cl. The largest absolute Gasteiger partial charge is 0.313 e. The van der Waals surface area contributed by atoms with Gasteiger partial charge < -0.3 is 5.32 Å². The van der Waals surface area contributed by atoms with Crippen molar-refractivity contribution in [2.75, 3.05) is 6.54 Å². The van der Waals surface area contributed by atoms with Gasteiger partial charge in [0.05, 0.1) is 0 Å². The Hall–Kier alpha value is -0.190. The van der Waals surface area contributed by atoms with Crippen LogP contribution in [0, 0.1) is 12.3 Å². The van der Waals surface area contributed by atoms with E-state index in [9.17, 15) is 0 Å². The van der Waals surface area contributed by atoms with Gasteiger partial charge in [-0.25, -0.2) is 0 Å². The van der Waals surface area contributed by atoms with Crippen molar-refractivity contribution in [3.63, 3.8) is 0 Å². The van der Waals surface area contributed by atoms with Crippen LogP contribution in [-0.2, 0) is 0 Å². The van der Waals surface area contributed by atoms with E-state index in [4.69, 9.17) is 6.42 Å². The van der Waals surface area contributed by atoms with Gasteiger partial charge in [-0.3, -0.25) is 0 Å². The predicted octanol–water partition coefficient (Wildman–Crippen LogP) is 2.35. The smallest absolute Gasteiger partial charge is 0.0211 e.